The highest BCUT2D eigenvalue weighted by Crippen LogP contribution is 2.30. The van der Waals surface area contributed by atoms with Crippen LogP contribution >= 0.6 is 0 Å². The Morgan fingerprint density at radius 1 is 1.32 bits per heavy atom. The van der Waals surface area contributed by atoms with Crippen LogP contribution < -0.4 is 4.74 Å². The van der Waals surface area contributed by atoms with Gasteiger partial charge in [-0.25, -0.2) is 4.79 Å². The van der Waals surface area contributed by atoms with Crippen LogP contribution in [0.1, 0.15) is 37.7 Å². The molecule has 5 heteroatoms. The van der Waals surface area contributed by atoms with Crippen molar-refractivity contribution in [2.75, 3.05) is 0 Å². The first-order valence-corrected chi connectivity index (χ1v) is 6.12. The molecule has 1 aromatic carbocycles. The molecule has 0 aliphatic heterocycles. The summed E-state index contributed by atoms with van der Waals surface area (Å²) in [7, 11) is 0. The van der Waals surface area contributed by atoms with Crippen LogP contribution in [0.2, 0.25) is 0 Å². The Bertz CT molecular complexity index is 623. The van der Waals surface area contributed by atoms with Gasteiger partial charge in [-0.3, -0.25) is 0 Å². The monoisotopic (exact) mass is 260 g/mol. The summed E-state index contributed by atoms with van der Waals surface area (Å²) in [6, 6.07) is 7.21. The van der Waals surface area contributed by atoms with Gasteiger partial charge >= 0.3 is 5.97 Å². The third-order valence-corrected chi connectivity index (χ3v) is 3.05. The Morgan fingerprint density at radius 2 is 2.00 bits per heavy atom. The van der Waals surface area contributed by atoms with Crippen molar-refractivity contribution in [1.29, 1.82) is 0 Å². The molecule has 5 nitrogen and oxygen atoms in total. The van der Waals surface area contributed by atoms with Crippen molar-refractivity contribution in [2.45, 2.75) is 32.8 Å². The van der Waals surface area contributed by atoms with Crippen molar-refractivity contribution >= 4 is 16.9 Å². The zero-order chi connectivity index (χ0) is 14.0. The number of nitrogens with zero attached hydrogens (tertiary/aromatic N) is 2. The number of carboxylic acid groups (broad SMARTS) is 1. The maximum absolute atomic E-state index is 11.3. The van der Waals surface area contributed by atoms with E-state index in [1.165, 1.54) is 0 Å². The summed E-state index contributed by atoms with van der Waals surface area (Å²) in [5, 5.41) is 17.5. The molecule has 1 aromatic heterocycles. The quantitative estimate of drug-likeness (QED) is 0.915. The standard InChI is InChI=1S/C14H16N2O3/c1-4-14(2,3)19-12-9-7-5-6-8-10(9)15-16-11(12)13(17)18/h5-8H,4H2,1-3H3,(H,17,18). The van der Waals surface area contributed by atoms with Gasteiger partial charge in [0, 0.05) is 5.39 Å². The van der Waals surface area contributed by atoms with Crippen molar-refractivity contribution in [1.82, 2.24) is 10.2 Å². The molecular formula is C14H16N2O3. The number of ether oxygens (including phenoxy) is 1. The molecular weight excluding hydrogens is 244 g/mol. The van der Waals surface area contributed by atoms with Gasteiger partial charge in [0.05, 0.1) is 5.52 Å². The third-order valence-electron chi connectivity index (χ3n) is 3.05. The lowest BCUT2D eigenvalue weighted by molar-refractivity contribution is 0.0663. The molecule has 0 saturated heterocycles. The SMILES string of the molecule is CCC(C)(C)Oc1c(C(=O)O)nnc2ccccc12. The molecule has 100 valence electrons. The minimum absolute atomic E-state index is 0.153. The highest BCUT2D eigenvalue weighted by atomic mass is 16.5. The molecule has 0 fully saturated rings. The van der Waals surface area contributed by atoms with Crippen LogP contribution in [0, 0.1) is 0 Å². The number of hydrogen-bond acceptors (Lipinski definition) is 4. The fourth-order valence-electron chi connectivity index (χ4n) is 1.62. The summed E-state index contributed by atoms with van der Waals surface area (Å²) in [6.45, 7) is 5.80. The first-order valence-electron chi connectivity index (χ1n) is 6.12. The number of carboxylic acids is 1. The number of benzene rings is 1. The lowest BCUT2D eigenvalue weighted by atomic mass is 10.1. The van der Waals surface area contributed by atoms with Gasteiger partial charge in [-0.05, 0) is 32.4 Å². The van der Waals surface area contributed by atoms with Crippen LogP contribution in [0.15, 0.2) is 24.3 Å². The molecule has 1 N–H and O–H groups in total. The second kappa shape index (κ2) is 4.84. The summed E-state index contributed by atoms with van der Waals surface area (Å²) < 4.78 is 5.87. The van der Waals surface area contributed by atoms with Gasteiger partial charge in [0.25, 0.3) is 0 Å². The second-order valence-corrected chi connectivity index (χ2v) is 4.92. The van der Waals surface area contributed by atoms with Gasteiger partial charge in [0.15, 0.2) is 5.75 Å². The molecule has 0 aliphatic carbocycles. The fourth-order valence-corrected chi connectivity index (χ4v) is 1.62. The van der Waals surface area contributed by atoms with Crippen molar-refractivity contribution < 1.29 is 14.6 Å². The Balaban J connectivity index is 2.66. The molecule has 2 aromatic rings. The average Bonchev–Trinajstić information content (AvgIpc) is 2.38. The smallest absolute Gasteiger partial charge is 0.360 e. The first kappa shape index (κ1) is 13.3. The summed E-state index contributed by atoms with van der Waals surface area (Å²) in [5.41, 5.74) is 0.00495. The van der Waals surface area contributed by atoms with Crippen LogP contribution in [-0.2, 0) is 0 Å². The van der Waals surface area contributed by atoms with E-state index >= 15 is 0 Å². The number of aromatic nitrogens is 2. The Labute approximate surface area is 111 Å². The van der Waals surface area contributed by atoms with Crippen molar-refractivity contribution in [2.24, 2.45) is 0 Å². The number of hydrogen-bond donors (Lipinski definition) is 1. The number of fused-ring (bicyclic) bond motifs is 1. The lowest BCUT2D eigenvalue weighted by Gasteiger charge is -2.26. The minimum atomic E-state index is -1.14. The number of rotatable bonds is 4. The highest BCUT2D eigenvalue weighted by Gasteiger charge is 2.24. The fraction of sp³-hybridized carbons (Fsp3) is 0.357. The Kier molecular flexibility index (Phi) is 3.38. The van der Waals surface area contributed by atoms with Gasteiger partial charge in [-0.2, -0.15) is 0 Å². The molecule has 0 saturated carbocycles. The molecule has 0 spiro atoms. The predicted octanol–water partition coefficient (Wildman–Crippen LogP) is 2.90. The van der Waals surface area contributed by atoms with Crippen molar-refractivity contribution in [3.05, 3.63) is 30.0 Å². The average molecular weight is 260 g/mol. The van der Waals surface area contributed by atoms with Crippen LogP contribution in [0.25, 0.3) is 10.9 Å². The van der Waals surface area contributed by atoms with E-state index in [2.05, 4.69) is 10.2 Å². The van der Waals surface area contributed by atoms with E-state index in [0.717, 1.165) is 6.42 Å². The van der Waals surface area contributed by atoms with E-state index in [9.17, 15) is 9.90 Å². The summed E-state index contributed by atoms with van der Waals surface area (Å²) in [6.07, 6.45) is 0.753. The zero-order valence-corrected chi connectivity index (χ0v) is 11.2. The highest BCUT2D eigenvalue weighted by molar-refractivity contribution is 5.96. The summed E-state index contributed by atoms with van der Waals surface area (Å²) in [4.78, 5) is 11.3. The van der Waals surface area contributed by atoms with E-state index in [1.54, 1.807) is 12.1 Å². The van der Waals surface area contributed by atoms with E-state index in [1.807, 2.05) is 32.9 Å². The van der Waals surface area contributed by atoms with E-state index in [-0.39, 0.29) is 11.4 Å². The molecule has 0 unspecified atom stereocenters. The van der Waals surface area contributed by atoms with E-state index < -0.39 is 11.6 Å². The van der Waals surface area contributed by atoms with Crippen molar-refractivity contribution in [3.63, 3.8) is 0 Å². The predicted molar refractivity (Wildman–Crippen MR) is 71.5 cm³/mol. The molecule has 0 amide bonds. The maximum Gasteiger partial charge on any atom is 0.360 e. The Hall–Kier alpha value is -2.17. The van der Waals surface area contributed by atoms with Crippen LogP contribution in [-0.4, -0.2) is 26.9 Å². The van der Waals surface area contributed by atoms with Crippen LogP contribution in [0.4, 0.5) is 0 Å². The lowest BCUT2D eigenvalue weighted by Crippen LogP contribution is -2.28. The van der Waals surface area contributed by atoms with E-state index in [4.69, 9.17) is 4.74 Å². The summed E-state index contributed by atoms with van der Waals surface area (Å²) in [5.74, 6) is -0.856. The van der Waals surface area contributed by atoms with Crippen molar-refractivity contribution in [3.8, 4) is 5.75 Å². The van der Waals surface area contributed by atoms with Gasteiger partial charge in [0.1, 0.15) is 5.60 Å². The minimum Gasteiger partial charge on any atom is -0.485 e. The van der Waals surface area contributed by atoms with Gasteiger partial charge in [-0.15, -0.1) is 10.2 Å². The van der Waals surface area contributed by atoms with Gasteiger partial charge in [-0.1, -0.05) is 19.1 Å². The maximum atomic E-state index is 11.3. The molecule has 0 aliphatic rings. The van der Waals surface area contributed by atoms with Crippen LogP contribution in [0.5, 0.6) is 5.75 Å². The molecule has 0 bridgehead atoms. The van der Waals surface area contributed by atoms with Crippen LogP contribution in [0.3, 0.4) is 0 Å². The largest absolute Gasteiger partial charge is 0.485 e. The number of aromatic carboxylic acids is 1. The molecule has 19 heavy (non-hydrogen) atoms. The topological polar surface area (TPSA) is 72.3 Å². The summed E-state index contributed by atoms with van der Waals surface area (Å²) >= 11 is 0. The van der Waals surface area contributed by atoms with E-state index in [0.29, 0.717) is 10.9 Å². The zero-order valence-electron chi connectivity index (χ0n) is 11.2. The number of carbonyl (C=O) groups is 1. The third kappa shape index (κ3) is 2.65. The molecule has 2 rings (SSSR count). The molecule has 0 atom stereocenters. The van der Waals surface area contributed by atoms with Gasteiger partial charge in [0.2, 0.25) is 5.69 Å². The second-order valence-electron chi connectivity index (χ2n) is 4.92. The first-order chi connectivity index (χ1) is 8.94. The Morgan fingerprint density at radius 3 is 2.63 bits per heavy atom. The molecule has 0 radical (unpaired) electrons. The molecule has 1 heterocycles. The van der Waals surface area contributed by atoms with Gasteiger partial charge < -0.3 is 9.84 Å². The normalized spacial score (nSPS) is 11.5.